The van der Waals surface area contributed by atoms with Crippen LogP contribution in [0.25, 0.3) is 22.6 Å². The molecule has 0 saturated heterocycles. The number of aromatic nitrogens is 1. The number of fused-ring (bicyclic) bond motifs is 1. The summed E-state index contributed by atoms with van der Waals surface area (Å²) in [6.07, 6.45) is 0. The number of benzene rings is 2. The normalized spacial score (nSPS) is 10.9. The van der Waals surface area contributed by atoms with Crippen molar-refractivity contribution in [2.75, 3.05) is 18.0 Å². The molecule has 0 amide bonds. The summed E-state index contributed by atoms with van der Waals surface area (Å²) in [6.45, 7) is 6.16. The molecule has 0 unspecified atom stereocenters. The van der Waals surface area contributed by atoms with Gasteiger partial charge in [0.05, 0.1) is 5.56 Å². The maximum atomic E-state index is 11.0. The number of carbonyl (C=O) groups is 1. The SMILES string of the molecule is CCN(CC)c1ccc(-c2nc3cc(C(=O)O)ccc3o2)cc1. The third-order valence-electron chi connectivity index (χ3n) is 3.88. The minimum absolute atomic E-state index is 0.203. The van der Waals surface area contributed by atoms with E-state index in [0.717, 1.165) is 24.3 Å². The molecule has 0 atom stereocenters. The highest BCUT2D eigenvalue weighted by Gasteiger charge is 2.11. The van der Waals surface area contributed by atoms with Crippen molar-refractivity contribution in [3.05, 3.63) is 48.0 Å². The van der Waals surface area contributed by atoms with Gasteiger partial charge in [-0.2, -0.15) is 0 Å². The van der Waals surface area contributed by atoms with Gasteiger partial charge in [0, 0.05) is 24.3 Å². The van der Waals surface area contributed by atoms with Crippen LogP contribution in [0.1, 0.15) is 24.2 Å². The molecule has 23 heavy (non-hydrogen) atoms. The Kier molecular flexibility index (Phi) is 4.02. The first-order chi connectivity index (χ1) is 11.1. The van der Waals surface area contributed by atoms with Crippen molar-refractivity contribution >= 4 is 22.8 Å². The van der Waals surface area contributed by atoms with E-state index >= 15 is 0 Å². The number of anilines is 1. The van der Waals surface area contributed by atoms with Crippen LogP contribution in [0.15, 0.2) is 46.9 Å². The van der Waals surface area contributed by atoms with Crippen molar-refractivity contribution in [3.63, 3.8) is 0 Å². The number of aromatic carboxylic acids is 1. The molecule has 0 bridgehead atoms. The summed E-state index contributed by atoms with van der Waals surface area (Å²) in [5.41, 5.74) is 3.36. The standard InChI is InChI=1S/C18H18N2O3/c1-3-20(4-2)14-8-5-12(6-9-14)17-19-15-11-13(18(21)22)7-10-16(15)23-17/h5-11H,3-4H2,1-2H3,(H,21,22). The molecular weight excluding hydrogens is 292 g/mol. The van der Waals surface area contributed by atoms with E-state index in [-0.39, 0.29) is 5.56 Å². The molecule has 5 nitrogen and oxygen atoms in total. The van der Waals surface area contributed by atoms with Crippen LogP contribution >= 0.6 is 0 Å². The Morgan fingerprint density at radius 2 is 1.83 bits per heavy atom. The summed E-state index contributed by atoms with van der Waals surface area (Å²) >= 11 is 0. The third kappa shape index (κ3) is 2.90. The summed E-state index contributed by atoms with van der Waals surface area (Å²) < 4.78 is 5.72. The van der Waals surface area contributed by atoms with Crippen LogP contribution in [-0.4, -0.2) is 29.1 Å². The Morgan fingerprint density at radius 3 is 2.43 bits per heavy atom. The molecule has 0 saturated carbocycles. The number of carboxylic acid groups (broad SMARTS) is 1. The number of nitrogens with zero attached hydrogens (tertiary/aromatic N) is 2. The van der Waals surface area contributed by atoms with Gasteiger partial charge in [-0.25, -0.2) is 9.78 Å². The zero-order valence-electron chi connectivity index (χ0n) is 13.1. The fourth-order valence-electron chi connectivity index (χ4n) is 2.59. The molecule has 0 fully saturated rings. The van der Waals surface area contributed by atoms with E-state index in [1.54, 1.807) is 6.07 Å². The summed E-state index contributed by atoms with van der Waals surface area (Å²) in [6, 6.07) is 12.7. The highest BCUT2D eigenvalue weighted by atomic mass is 16.4. The lowest BCUT2D eigenvalue weighted by Gasteiger charge is -2.20. The van der Waals surface area contributed by atoms with Crippen LogP contribution < -0.4 is 4.90 Å². The molecule has 0 aliphatic rings. The van der Waals surface area contributed by atoms with E-state index in [0.29, 0.717) is 17.0 Å². The van der Waals surface area contributed by atoms with Crippen LogP contribution in [0.3, 0.4) is 0 Å². The number of carboxylic acids is 1. The van der Waals surface area contributed by atoms with E-state index in [4.69, 9.17) is 9.52 Å². The predicted molar refractivity (Wildman–Crippen MR) is 90.0 cm³/mol. The summed E-state index contributed by atoms with van der Waals surface area (Å²) in [5, 5.41) is 9.03. The largest absolute Gasteiger partial charge is 0.478 e. The molecule has 3 rings (SSSR count). The van der Waals surface area contributed by atoms with E-state index < -0.39 is 5.97 Å². The topological polar surface area (TPSA) is 66.6 Å². The molecule has 0 aliphatic carbocycles. The van der Waals surface area contributed by atoms with Crippen LogP contribution in [0.5, 0.6) is 0 Å². The maximum Gasteiger partial charge on any atom is 0.335 e. The smallest absolute Gasteiger partial charge is 0.335 e. The Hall–Kier alpha value is -2.82. The van der Waals surface area contributed by atoms with E-state index in [1.807, 2.05) is 24.3 Å². The molecule has 0 aliphatic heterocycles. The van der Waals surface area contributed by atoms with Crippen molar-refractivity contribution < 1.29 is 14.3 Å². The molecule has 2 aromatic carbocycles. The van der Waals surface area contributed by atoms with Crippen LogP contribution in [0.4, 0.5) is 5.69 Å². The fraction of sp³-hybridized carbons (Fsp3) is 0.222. The molecule has 3 aromatic rings. The Balaban J connectivity index is 1.95. The first-order valence-corrected chi connectivity index (χ1v) is 7.61. The molecule has 1 heterocycles. The van der Waals surface area contributed by atoms with Gasteiger partial charge in [0.2, 0.25) is 5.89 Å². The highest BCUT2D eigenvalue weighted by molar-refractivity contribution is 5.92. The summed E-state index contributed by atoms with van der Waals surface area (Å²) in [4.78, 5) is 17.7. The van der Waals surface area contributed by atoms with Gasteiger partial charge in [0.1, 0.15) is 5.52 Å². The van der Waals surface area contributed by atoms with Gasteiger partial charge >= 0.3 is 5.97 Å². The van der Waals surface area contributed by atoms with Gasteiger partial charge in [-0.3, -0.25) is 0 Å². The fourth-order valence-corrected chi connectivity index (χ4v) is 2.59. The predicted octanol–water partition coefficient (Wildman–Crippen LogP) is 4.04. The number of hydrogen-bond acceptors (Lipinski definition) is 4. The third-order valence-corrected chi connectivity index (χ3v) is 3.88. The van der Waals surface area contributed by atoms with E-state index in [1.165, 1.54) is 12.1 Å². The van der Waals surface area contributed by atoms with Gasteiger partial charge < -0.3 is 14.4 Å². The molecule has 1 aromatic heterocycles. The maximum absolute atomic E-state index is 11.0. The Morgan fingerprint density at radius 1 is 1.13 bits per heavy atom. The first kappa shape index (κ1) is 15.1. The Labute approximate surface area is 134 Å². The van der Waals surface area contributed by atoms with Crippen molar-refractivity contribution in [2.45, 2.75) is 13.8 Å². The zero-order valence-corrected chi connectivity index (χ0v) is 13.1. The van der Waals surface area contributed by atoms with Gasteiger partial charge in [0.25, 0.3) is 0 Å². The molecule has 0 spiro atoms. The molecule has 0 radical (unpaired) electrons. The van der Waals surface area contributed by atoms with Crippen molar-refractivity contribution in [1.82, 2.24) is 4.98 Å². The number of oxazole rings is 1. The van der Waals surface area contributed by atoms with Crippen molar-refractivity contribution in [2.24, 2.45) is 0 Å². The second kappa shape index (κ2) is 6.12. The number of hydrogen-bond donors (Lipinski definition) is 1. The second-order valence-corrected chi connectivity index (χ2v) is 5.23. The Bertz CT molecular complexity index is 833. The minimum atomic E-state index is -0.972. The lowest BCUT2D eigenvalue weighted by atomic mass is 10.2. The molecule has 118 valence electrons. The van der Waals surface area contributed by atoms with Crippen LogP contribution in [-0.2, 0) is 0 Å². The van der Waals surface area contributed by atoms with E-state index in [2.05, 4.69) is 23.7 Å². The second-order valence-electron chi connectivity index (χ2n) is 5.23. The number of rotatable bonds is 5. The molecular formula is C18H18N2O3. The van der Waals surface area contributed by atoms with Crippen LogP contribution in [0, 0.1) is 0 Å². The molecule has 5 heteroatoms. The minimum Gasteiger partial charge on any atom is -0.478 e. The van der Waals surface area contributed by atoms with Crippen LogP contribution in [0.2, 0.25) is 0 Å². The zero-order chi connectivity index (χ0) is 16.4. The quantitative estimate of drug-likeness (QED) is 0.770. The van der Waals surface area contributed by atoms with Gasteiger partial charge in [-0.15, -0.1) is 0 Å². The van der Waals surface area contributed by atoms with Gasteiger partial charge in [-0.1, -0.05) is 0 Å². The average molecular weight is 310 g/mol. The summed E-state index contributed by atoms with van der Waals surface area (Å²) in [5.74, 6) is -0.478. The lowest BCUT2D eigenvalue weighted by molar-refractivity contribution is 0.0697. The van der Waals surface area contributed by atoms with Gasteiger partial charge in [0.15, 0.2) is 5.58 Å². The van der Waals surface area contributed by atoms with E-state index in [9.17, 15) is 4.79 Å². The lowest BCUT2D eigenvalue weighted by Crippen LogP contribution is -2.21. The molecule has 1 N–H and O–H groups in total. The van der Waals surface area contributed by atoms with Crippen molar-refractivity contribution in [3.8, 4) is 11.5 Å². The summed E-state index contributed by atoms with van der Waals surface area (Å²) in [7, 11) is 0. The monoisotopic (exact) mass is 310 g/mol. The van der Waals surface area contributed by atoms with Crippen molar-refractivity contribution in [1.29, 1.82) is 0 Å². The first-order valence-electron chi connectivity index (χ1n) is 7.61. The van der Waals surface area contributed by atoms with Gasteiger partial charge in [-0.05, 0) is 56.3 Å². The highest BCUT2D eigenvalue weighted by Crippen LogP contribution is 2.26. The average Bonchev–Trinajstić information content (AvgIpc) is 2.99.